The van der Waals surface area contributed by atoms with Crippen molar-refractivity contribution in [2.24, 2.45) is 0 Å². The fourth-order valence-electron chi connectivity index (χ4n) is 4.20. The number of carbonyl (C=O) groups is 3. The molecule has 2 atom stereocenters. The van der Waals surface area contributed by atoms with Crippen molar-refractivity contribution in [1.82, 2.24) is 9.88 Å². The topological polar surface area (TPSA) is 104 Å². The molecule has 2 aromatic carbocycles. The molecule has 0 spiro atoms. The molecule has 1 N–H and O–H groups in total. The van der Waals surface area contributed by atoms with Crippen molar-refractivity contribution >= 4 is 28.4 Å². The van der Waals surface area contributed by atoms with Crippen LogP contribution in [0.1, 0.15) is 52.1 Å². The van der Waals surface area contributed by atoms with Gasteiger partial charge in [0.1, 0.15) is 24.3 Å². The highest BCUT2D eigenvalue weighted by molar-refractivity contribution is 5.94. The van der Waals surface area contributed by atoms with Gasteiger partial charge >= 0.3 is 12.1 Å². The van der Waals surface area contributed by atoms with Crippen LogP contribution in [-0.2, 0) is 25.3 Å². The molecule has 45 heavy (non-hydrogen) atoms. The van der Waals surface area contributed by atoms with E-state index in [-0.39, 0.29) is 17.2 Å². The van der Waals surface area contributed by atoms with Crippen molar-refractivity contribution in [3.63, 3.8) is 0 Å². The lowest BCUT2D eigenvalue weighted by atomic mass is 10.1. The van der Waals surface area contributed by atoms with E-state index in [0.717, 1.165) is 22.9 Å². The number of benzene rings is 2. The maximum Gasteiger partial charge on any atom is 0.416 e. The van der Waals surface area contributed by atoms with Crippen LogP contribution < -0.4 is 15.6 Å². The van der Waals surface area contributed by atoms with Gasteiger partial charge in [-0.05, 0) is 50.8 Å². The van der Waals surface area contributed by atoms with Gasteiger partial charge in [-0.25, -0.2) is 13.2 Å². The number of nitrogens with zero attached hydrogens (tertiary/aromatic N) is 1. The van der Waals surface area contributed by atoms with Gasteiger partial charge in [0.05, 0.1) is 12.0 Å². The van der Waals surface area contributed by atoms with Gasteiger partial charge in [-0.3, -0.25) is 19.2 Å². The number of amides is 1. The Kier molecular flexibility index (Phi) is 10.3. The lowest BCUT2D eigenvalue weighted by Crippen LogP contribution is -2.48. The van der Waals surface area contributed by atoms with E-state index in [0.29, 0.717) is 6.07 Å². The van der Waals surface area contributed by atoms with Crippen molar-refractivity contribution < 1.29 is 59.0 Å². The second-order valence-corrected chi connectivity index (χ2v) is 10.8. The standard InChI is InChI=1S/C29H26F8N2O6/c1-5-17(39-9-8-13-6-7-14(29(35,36)37)10-15(13)27(39)43)26(42)38-16(11-19(41)45-28(2,3)4)18(40)12-44-25-23(33)21(31)20(30)22(32)24(25)34/h6-10,16-17H,5,11-12H2,1-4H3,(H,38,42)/t16?,17-/m0/s1. The van der Waals surface area contributed by atoms with Gasteiger partial charge in [-0.2, -0.15) is 22.0 Å². The van der Waals surface area contributed by atoms with Crippen molar-refractivity contribution in [2.75, 3.05) is 6.61 Å². The second-order valence-electron chi connectivity index (χ2n) is 10.8. The Labute approximate surface area is 249 Å². The zero-order valence-corrected chi connectivity index (χ0v) is 24.1. The average Bonchev–Trinajstić information content (AvgIpc) is 2.94. The second kappa shape index (κ2) is 13.2. The van der Waals surface area contributed by atoms with Crippen LogP contribution >= 0.6 is 0 Å². The van der Waals surface area contributed by atoms with Gasteiger partial charge in [-0.15, -0.1) is 0 Å². The minimum absolute atomic E-state index is 0.141. The minimum atomic E-state index is -4.77. The van der Waals surface area contributed by atoms with Gasteiger partial charge in [0.25, 0.3) is 5.56 Å². The molecule has 1 heterocycles. The number of Topliss-reactive ketones (excluding diaryl/α,β-unsaturated/α-hetero) is 1. The molecule has 0 bridgehead atoms. The van der Waals surface area contributed by atoms with Gasteiger partial charge in [0, 0.05) is 11.6 Å². The lowest BCUT2D eigenvalue weighted by Gasteiger charge is -2.25. The van der Waals surface area contributed by atoms with Crippen LogP contribution in [0.25, 0.3) is 10.8 Å². The Morgan fingerprint density at radius 3 is 2.02 bits per heavy atom. The van der Waals surface area contributed by atoms with E-state index in [1.54, 1.807) is 0 Å². The normalized spacial score (nSPS) is 13.3. The molecule has 244 valence electrons. The van der Waals surface area contributed by atoms with Crippen LogP contribution in [0, 0.1) is 29.1 Å². The van der Waals surface area contributed by atoms with Gasteiger partial charge < -0.3 is 19.4 Å². The molecular formula is C29H26F8N2O6. The summed E-state index contributed by atoms with van der Waals surface area (Å²) in [6.07, 6.45) is -4.66. The summed E-state index contributed by atoms with van der Waals surface area (Å²) in [5, 5.41) is 1.96. The summed E-state index contributed by atoms with van der Waals surface area (Å²) in [5.74, 6) is -17.1. The SMILES string of the molecule is CC[C@@H](C(=O)NC(CC(=O)OC(C)(C)C)C(=O)COc1c(F)c(F)c(F)c(F)c1F)n1ccc2ccc(C(F)(F)F)cc2c1=O. The van der Waals surface area contributed by atoms with E-state index < -0.39 is 101 Å². The van der Waals surface area contributed by atoms with Crippen molar-refractivity contribution in [3.05, 3.63) is 75.5 Å². The summed E-state index contributed by atoms with van der Waals surface area (Å²) in [5.41, 5.74) is -3.16. The number of pyridine rings is 1. The van der Waals surface area contributed by atoms with Crippen LogP contribution in [0.4, 0.5) is 35.1 Å². The van der Waals surface area contributed by atoms with E-state index in [4.69, 9.17) is 4.74 Å². The minimum Gasteiger partial charge on any atom is -0.479 e. The third kappa shape index (κ3) is 7.97. The van der Waals surface area contributed by atoms with E-state index >= 15 is 0 Å². The summed E-state index contributed by atoms with van der Waals surface area (Å²) in [4.78, 5) is 52.0. The molecule has 1 aromatic heterocycles. The number of ketones is 1. The number of hydrogen-bond donors (Lipinski definition) is 1. The summed E-state index contributed by atoms with van der Waals surface area (Å²) in [6, 6.07) is 0.443. The summed E-state index contributed by atoms with van der Waals surface area (Å²) < 4.78 is 119. The van der Waals surface area contributed by atoms with Gasteiger partial charge in [-0.1, -0.05) is 13.0 Å². The summed E-state index contributed by atoms with van der Waals surface area (Å²) in [7, 11) is 0. The molecule has 1 amide bonds. The van der Waals surface area contributed by atoms with Gasteiger partial charge in [0.2, 0.25) is 35.0 Å². The molecule has 8 nitrogen and oxygen atoms in total. The molecule has 0 aliphatic carbocycles. The molecular weight excluding hydrogens is 624 g/mol. The summed E-state index contributed by atoms with van der Waals surface area (Å²) in [6.45, 7) is 4.49. The molecule has 0 fully saturated rings. The Bertz CT molecular complexity index is 1670. The van der Waals surface area contributed by atoms with Gasteiger partial charge in [0.15, 0.2) is 11.5 Å². The monoisotopic (exact) mass is 650 g/mol. The molecule has 3 rings (SSSR count). The molecule has 0 aliphatic heterocycles. The largest absolute Gasteiger partial charge is 0.479 e. The maximum atomic E-state index is 14.0. The van der Waals surface area contributed by atoms with Crippen molar-refractivity contribution in [1.29, 1.82) is 0 Å². The van der Waals surface area contributed by atoms with Crippen molar-refractivity contribution in [3.8, 4) is 5.75 Å². The first-order valence-corrected chi connectivity index (χ1v) is 13.2. The molecule has 0 saturated carbocycles. The lowest BCUT2D eigenvalue weighted by molar-refractivity contribution is -0.156. The smallest absolute Gasteiger partial charge is 0.416 e. The number of fused-ring (bicyclic) bond motifs is 1. The van der Waals surface area contributed by atoms with E-state index in [2.05, 4.69) is 10.1 Å². The Morgan fingerprint density at radius 1 is 0.911 bits per heavy atom. The molecule has 0 aliphatic rings. The number of ether oxygens (including phenoxy) is 2. The summed E-state index contributed by atoms with van der Waals surface area (Å²) >= 11 is 0. The number of carbonyl (C=O) groups excluding carboxylic acids is 3. The predicted molar refractivity (Wildman–Crippen MR) is 142 cm³/mol. The Morgan fingerprint density at radius 2 is 1.49 bits per heavy atom. The maximum absolute atomic E-state index is 14.0. The Hall–Kier alpha value is -4.50. The molecule has 1 unspecified atom stereocenters. The number of aromatic nitrogens is 1. The number of halogens is 8. The highest BCUT2D eigenvalue weighted by Crippen LogP contribution is 2.31. The third-order valence-corrected chi connectivity index (χ3v) is 6.31. The Balaban J connectivity index is 1.94. The van der Waals surface area contributed by atoms with Crippen LogP contribution in [0.3, 0.4) is 0 Å². The first-order valence-electron chi connectivity index (χ1n) is 13.2. The zero-order chi connectivity index (χ0) is 34.0. The van der Waals surface area contributed by atoms with Crippen LogP contribution in [0.5, 0.6) is 5.75 Å². The highest BCUT2D eigenvalue weighted by atomic mass is 19.4. The van der Waals surface area contributed by atoms with E-state index in [1.165, 1.54) is 33.8 Å². The van der Waals surface area contributed by atoms with Crippen LogP contribution in [0.2, 0.25) is 0 Å². The fourth-order valence-corrected chi connectivity index (χ4v) is 4.20. The molecule has 0 saturated heterocycles. The number of hydrogen-bond acceptors (Lipinski definition) is 6. The fraction of sp³-hybridized carbons (Fsp3) is 0.379. The average molecular weight is 651 g/mol. The highest BCUT2D eigenvalue weighted by Gasteiger charge is 2.33. The van der Waals surface area contributed by atoms with Crippen LogP contribution in [0.15, 0.2) is 35.3 Å². The quantitative estimate of drug-likeness (QED) is 0.134. The molecule has 16 heteroatoms. The van der Waals surface area contributed by atoms with E-state index in [1.807, 2.05) is 0 Å². The van der Waals surface area contributed by atoms with E-state index in [9.17, 15) is 54.3 Å². The zero-order valence-electron chi connectivity index (χ0n) is 24.1. The number of alkyl halides is 3. The molecule has 3 aromatic rings. The first kappa shape index (κ1) is 35.0. The van der Waals surface area contributed by atoms with Crippen LogP contribution in [-0.4, -0.2) is 40.5 Å². The third-order valence-electron chi connectivity index (χ3n) is 6.31. The number of esters is 1. The number of rotatable bonds is 10. The molecule has 0 radical (unpaired) electrons. The van der Waals surface area contributed by atoms with Crippen molar-refractivity contribution in [2.45, 2.75) is 64.4 Å². The predicted octanol–water partition coefficient (Wildman–Crippen LogP) is 5.53. The number of nitrogens with one attached hydrogen (secondary N) is 1. The first-order chi connectivity index (χ1) is 20.8.